The molecule has 2 radical (unpaired) electrons. The van der Waals surface area contributed by atoms with Crippen molar-refractivity contribution in [3.05, 3.63) is 0 Å². The second-order valence-corrected chi connectivity index (χ2v) is 0. The Morgan fingerprint density at radius 3 is 1.00 bits per heavy atom. The third-order valence-electron chi connectivity index (χ3n) is 0. The molecule has 0 atom stereocenters. The Hall–Kier alpha value is 2.94. The van der Waals surface area contributed by atoms with E-state index in [-0.39, 0.29) is 55.2 Å². The summed E-state index contributed by atoms with van der Waals surface area (Å²) in [6, 6.07) is 0. The molecule has 0 rings (SSSR count). The smallest absolute Gasteiger partial charge is 0 e. The van der Waals surface area contributed by atoms with Crippen LogP contribution in [0.2, 0.25) is 0 Å². The fourth-order valence-electron chi connectivity index (χ4n) is 0. The molecule has 0 fully saturated rings. The van der Waals surface area contributed by atoms with Gasteiger partial charge in [-0.05, 0) is 0 Å². The summed E-state index contributed by atoms with van der Waals surface area (Å²) in [5.41, 5.74) is 0. The Morgan fingerprint density at radius 2 is 1.00 bits per heavy atom. The minimum atomic E-state index is 0. The van der Waals surface area contributed by atoms with Crippen LogP contribution in [0.15, 0.2) is 0 Å². The van der Waals surface area contributed by atoms with E-state index in [9.17, 15) is 0 Å². The van der Waals surface area contributed by atoms with Crippen molar-refractivity contribution in [3.8, 4) is 0 Å². The zero-order valence-corrected chi connectivity index (χ0v) is 9.49. The maximum Gasteiger partial charge on any atom is 0 e. The Bertz CT molecular complexity index is 6.85. The molecule has 0 aliphatic heterocycles. The van der Waals surface area contributed by atoms with E-state index in [1.807, 2.05) is 0 Å². The number of rotatable bonds is 0. The van der Waals surface area contributed by atoms with Crippen LogP contribution in [0.4, 0.5) is 0 Å². The van der Waals surface area contributed by atoms with E-state index in [0.29, 0.717) is 0 Å². The van der Waals surface area contributed by atoms with Gasteiger partial charge in [0.05, 0.1) is 0 Å². The molecule has 0 saturated heterocycles. The molecule has 0 heterocycles. The minimum Gasteiger partial charge on any atom is 0 e. The van der Waals surface area contributed by atoms with Crippen LogP contribution < -0.4 is 0 Å². The molecule has 0 nitrogen and oxygen atoms in total. The molecule has 0 amide bonds. The van der Waals surface area contributed by atoms with Crippen molar-refractivity contribution < 1.29 is 86.3 Å². The molecular formula is Cu3MoW. The topological polar surface area (TPSA) is 0 Å². The SMILES string of the molecule is [Cu].[Cu].[Cu][Mo].[W]. The van der Waals surface area contributed by atoms with Gasteiger partial charge in [0.1, 0.15) is 0 Å². The van der Waals surface area contributed by atoms with Crippen LogP contribution in [0.5, 0.6) is 0 Å². The van der Waals surface area contributed by atoms with Gasteiger partial charge in [-0.15, -0.1) is 0 Å². The van der Waals surface area contributed by atoms with Crippen LogP contribution in [0, 0.1) is 0 Å². The summed E-state index contributed by atoms with van der Waals surface area (Å²) in [7, 11) is 0. The maximum absolute atomic E-state index is 4.20. The summed E-state index contributed by atoms with van der Waals surface area (Å²) >= 11 is 5.71. The van der Waals surface area contributed by atoms with Gasteiger partial charge < -0.3 is 0 Å². The van der Waals surface area contributed by atoms with Crippen molar-refractivity contribution in [2.24, 2.45) is 0 Å². The molecule has 0 N–H and O–H groups in total. The van der Waals surface area contributed by atoms with Crippen molar-refractivity contribution in [1.82, 2.24) is 0 Å². The van der Waals surface area contributed by atoms with E-state index in [1.165, 1.54) is 17.7 Å². The Labute approximate surface area is 84.9 Å². The van der Waals surface area contributed by atoms with E-state index in [0.717, 1.165) is 0 Å². The first-order chi connectivity index (χ1) is 1.00. The first-order valence-electron chi connectivity index (χ1n) is 0.123. The van der Waals surface area contributed by atoms with Gasteiger partial charge >= 0.3 is 31.1 Å². The van der Waals surface area contributed by atoms with E-state index < -0.39 is 0 Å². The number of hydrogen-bond donors (Lipinski definition) is 0. The van der Waals surface area contributed by atoms with E-state index in [4.69, 9.17) is 0 Å². The fraction of sp³-hybridized carbons (Fsp3) is 0. The first kappa shape index (κ1) is 24.6. The van der Waals surface area contributed by atoms with Gasteiger partial charge in [-0.2, -0.15) is 0 Å². The summed E-state index contributed by atoms with van der Waals surface area (Å²) in [6.07, 6.45) is 0. The molecule has 0 aliphatic carbocycles. The Morgan fingerprint density at radius 1 is 1.00 bits per heavy atom. The van der Waals surface area contributed by atoms with Gasteiger partial charge in [0.2, 0.25) is 0 Å². The van der Waals surface area contributed by atoms with Gasteiger partial charge in [-0.25, -0.2) is 0 Å². The molecule has 0 bridgehead atoms. The molecule has 0 aromatic heterocycles. The van der Waals surface area contributed by atoms with Gasteiger partial charge in [-0.1, -0.05) is 0 Å². The second-order valence-electron chi connectivity index (χ2n) is 0. The fourth-order valence-corrected chi connectivity index (χ4v) is 0. The predicted molar refractivity (Wildman–Crippen MR) is 0 cm³/mol. The quantitative estimate of drug-likeness (QED) is 0.437. The van der Waals surface area contributed by atoms with Gasteiger partial charge in [0.15, 0.2) is 0 Å². The Kier molecular flexibility index (Phi) is 140. The van der Waals surface area contributed by atoms with Crippen LogP contribution in [-0.2, 0) is 86.3 Å². The second kappa shape index (κ2) is 28.4. The van der Waals surface area contributed by atoms with Crippen LogP contribution in [0.3, 0.4) is 0 Å². The molecule has 5 heavy (non-hydrogen) atoms. The molecule has 0 aromatic carbocycles. The largest absolute Gasteiger partial charge is 0 e. The first-order valence-corrected chi connectivity index (χ1v) is 3.00. The average Bonchev–Trinajstić information content (AvgIpc) is 1.00. The van der Waals surface area contributed by atoms with Gasteiger partial charge in [-0.3, -0.25) is 0 Å². The van der Waals surface area contributed by atoms with E-state index in [2.05, 4.69) is 13.4 Å². The third kappa shape index (κ3) is 19.6. The maximum atomic E-state index is 4.20. The molecular weight excluding hydrogens is 470 g/mol. The normalized spacial score (nSPS) is 1.20. The summed E-state index contributed by atoms with van der Waals surface area (Å²) < 4.78 is 0. The molecule has 45 valence electrons. The zero-order chi connectivity index (χ0) is 2.00. The van der Waals surface area contributed by atoms with Crippen molar-refractivity contribution in [2.75, 3.05) is 0 Å². The molecule has 0 aliphatic rings. The minimum absolute atomic E-state index is 0. The van der Waals surface area contributed by atoms with Crippen LogP contribution in [-0.4, -0.2) is 0 Å². The predicted octanol–water partition coefficient (Wildman–Crippen LogP) is -0.0125. The van der Waals surface area contributed by atoms with Crippen molar-refractivity contribution in [1.29, 1.82) is 0 Å². The Balaban J connectivity index is -0.00000000167. The molecule has 0 saturated carbocycles. The average molecular weight is 470 g/mol. The van der Waals surface area contributed by atoms with Crippen molar-refractivity contribution >= 4 is 0 Å². The van der Waals surface area contributed by atoms with Crippen LogP contribution in [0.25, 0.3) is 0 Å². The van der Waals surface area contributed by atoms with Crippen molar-refractivity contribution in [2.45, 2.75) is 0 Å². The van der Waals surface area contributed by atoms with Crippen molar-refractivity contribution in [3.63, 3.8) is 0 Å². The molecule has 0 spiro atoms. The standard InChI is InChI=1S/3Cu.Mo.W. The van der Waals surface area contributed by atoms with E-state index >= 15 is 0 Å². The van der Waals surface area contributed by atoms with Gasteiger partial charge in [0, 0.05) is 55.2 Å². The van der Waals surface area contributed by atoms with Crippen LogP contribution in [0.1, 0.15) is 0 Å². The third-order valence-corrected chi connectivity index (χ3v) is 0. The number of hydrogen-bond acceptors (Lipinski definition) is 0. The summed E-state index contributed by atoms with van der Waals surface area (Å²) in [4.78, 5) is 0. The summed E-state index contributed by atoms with van der Waals surface area (Å²) in [5.74, 6) is 0. The zero-order valence-electron chi connectivity index (χ0n) is 1.72. The molecule has 5 heteroatoms. The molecule has 0 unspecified atom stereocenters. The van der Waals surface area contributed by atoms with Crippen LogP contribution >= 0.6 is 0 Å². The van der Waals surface area contributed by atoms with E-state index in [1.54, 1.807) is 0 Å². The summed E-state index contributed by atoms with van der Waals surface area (Å²) in [6.45, 7) is 0. The molecule has 0 aromatic rings. The summed E-state index contributed by atoms with van der Waals surface area (Å²) in [5, 5.41) is 0. The monoisotopic (exact) mass is 471 g/mol. The van der Waals surface area contributed by atoms with Gasteiger partial charge in [0.25, 0.3) is 0 Å².